The first kappa shape index (κ1) is 11.9. The number of nitrogens with one attached hydrogen (secondary N) is 1. The van der Waals surface area contributed by atoms with Crippen molar-refractivity contribution in [2.45, 2.75) is 0 Å². The highest BCUT2D eigenvalue weighted by molar-refractivity contribution is 5.71. The van der Waals surface area contributed by atoms with E-state index in [1.807, 2.05) is 24.3 Å². The van der Waals surface area contributed by atoms with Crippen molar-refractivity contribution in [2.24, 2.45) is 0 Å². The Morgan fingerprint density at radius 3 is 3.05 bits per heavy atom. The topological polar surface area (TPSA) is 59.3 Å². The molecule has 1 amide bonds. The predicted octanol–water partition coefficient (Wildman–Crippen LogP) is 1.70. The maximum atomic E-state index is 10.4. The average molecular weight is 262 g/mol. The lowest BCUT2D eigenvalue weighted by atomic mass is 10.2. The fourth-order valence-electron chi connectivity index (χ4n) is 1.81. The summed E-state index contributed by atoms with van der Waals surface area (Å²) in [5, 5.41) is 6.79. The number of carbonyl (C=O) groups excluding carboxylic acids is 1. The van der Waals surface area contributed by atoms with Crippen molar-refractivity contribution >= 4 is 17.7 Å². The molecular weight excluding hydrogens is 252 g/mol. The molecule has 0 radical (unpaired) electrons. The first-order valence-electron chi connectivity index (χ1n) is 5.98. The Morgan fingerprint density at radius 2 is 2.15 bits per heavy atom. The van der Waals surface area contributed by atoms with Crippen molar-refractivity contribution in [1.82, 2.24) is 14.6 Å². The molecule has 0 bridgehead atoms. The summed E-state index contributed by atoms with van der Waals surface area (Å²) >= 11 is 0. The minimum absolute atomic E-state index is 0.640. The molecule has 0 fully saturated rings. The predicted molar refractivity (Wildman–Crippen MR) is 75.1 cm³/mol. The normalized spacial score (nSPS) is 9.80. The van der Waals surface area contributed by atoms with E-state index in [0.29, 0.717) is 17.8 Å². The van der Waals surface area contributed by atoms with Crippen LogP contribution in [0.3, 0.4) is 0 Å². The van der Waals surface area contributed by atoms with Gasteiger partial charge in [-0.3, -0.25) is 4.79 Å². The lowest BCUT2D eigenvalue weighted by molar-refractivity contribution is -0.105. The van der Waals surface area contributed by atoms with Crippen molar-refractivity contribution in [3.05, 3.63) is 60.0 Å². The van der Waals surface area contributed by atoms with Gasteiger partial charge in [-0.25, -0.2) is 9.50 Å². The Hall–Kier alpha value is -3.13. The van der Waals surface area contributed by atoms with E-state index in [4.69, 9.17) is 0 Å². The Kier molecular flexibility index (Phi) is 3.13. The molecule has 0 unspecified atom stereocenters. The number of carbonyl (C=O) groups is 1. The summed E-state index contributed by atoms with van der Waals surface area (Å²) in [6.45, 7) is 0. The summed E-state index contributed by atoms with van der Waals surface area (Å²) in [6, 6.07) is 11.0. The maximum absolute atomic E-state index is 10.4. The molecule has 96 valence electrons. The van der Waals surface area contributed by atoms with Crippen molar-refractivity contribution in [3.8, 4) is 11.8 Å². The molecule has 0 saturated carbocycles. The molecule has 2 heterocycles. The quantitative estimate of drug-likeness (QED) is 0.565. The summed E-state index contributed by atoms with van der Waals surface area (Å²) in [5.41, 5.74) is 2.99. The third kappa shape index (κ3) is 2.35. The van der Waals surface area contributed by atoms with Crippen molar-refractivity contribution in [1.29, 1.82) is 0 Å². The molecule has 0 atom stereocenters. The van der Waals surface area contributed by atoms with E-state index in [1.54, 1.807) is 29.0 Å². The molecule has 0 aliphatic rings. The number of rotatable bonds is 2. The van der Waals surface area contributed by atoms with Gasteiger partial charge in [-0.1, -0.05) is 12.0 Å². The molecule has 0 aliphatic heterocycles. The van der Waals surface area contributed by atoms with Crippen molar-refractivity contribution < 1.29 is 4.79 Å². The van der Waals surface area contributed by atoms with E-state index in [-0.39, 0.29) is 0 Å². The fourth-order valence-corrected chi connectivity index (χ4v) is 1.81. The number of hydrogen-bond donors (Lipinski definition) is 1. The number of nitrogens with zero attached hydrogens (tertiary/aromatic N) is 3. The highest BCUT2D eigenvalue weighted by Crippen LogP contribution is 2.09. The summed E-state index contributed by atoms with van der Waals surface area (Å²) in [5.74, 6) is 6.06. The lowest BCUT2D eigenvalue weighted by Crippen LogP contribution is -1.94. The van der Waals surface area contributed by atoms with Gasteiger partial charge in [0.15, 0.2) is 5.65 Å². The third-order valence-electron chi connectivity index (χ3n) is 2.70. The largest absolute Gasteiger partial charge is 0.329 e. The van der Waals surface area contributed by atoms with E-state index >= 15 is 0 Å². The summed E-state index contributed by atoms with van der Waals surface area (Å²) < 4.78 is 1.68. The molecule has 0 saturated heterocycles. The van der Waals surface area contributed by atoms with Crippen LogP contribution < -0.4 is 5.32 Å². The monoisotopic (exact) mass is 262 g/mol. The van der Waals surface area contributed by atoms with Gasteiger partial charge in [-0.05, 0) is 36.3 Å². The standard InChI is InChI=1S/C15H10N4O/c20-11-17-13-4-1-3-12(9-13)6-7-14-10-16-15-5-2-8-18-19(14)15/h1-5,8-11H,(H,17,20). The first-order valence-corrected chi connectivity index (χ1v) is 5.98. The highest BCUT2D eigenvalue weighted by atomic mass is 16.1. The molecule has 5 heteroatoms. The van der Waals surface area contributed by atoms with Gasteiger partial charge in [0.25, 0.3) is 0 Å². The number of hydrogen-bond acceptors (Lipinski definition) is 3. The van der Waals surface area contributed by atoms with Crippen LogP contribution in [0.1, 0.15) is 11.3 Å². The summed E-state index contributed by atoms with van der Waals surface area (Å²) in [4.78, 5) is 14.6. The van der Waals surface area contributed by atoms with Crippen LogP contribution in [-0.4, -0.2) is 21.0 Å². The lowest BCUT2D eigenvalue weighted by Gasteiger charge is -1.97. The third-order valence-corrected chi connectivity index (χ3v) is 2.70. The number of anilines is 1. The summed E-state index contributed by atoms with van der Waals surface area (Å²) in [6.07, 6.45) is 4.01. The van der Waals surface area contributed by atoms with Gasteiger partial charge >= 0.3 is 0 Å². The van der Waals surface area contributed by atoms with Gasteiger partial charge in [-0.15, -0.1) is 0 Å². The van der Waals surface area contributed by atoms with E-state index in [0.717, 1.165) is 11.2 Å². The second kappa shape index (κ2) is 5.24. The van der Waals surface area contributed by atoms with E-state index in [1.165, 1.54) is 0 Å². The van der Waals surface area contributed by atoms with E-state index in [9.17, 15) is 4.79 Å². The Bertz CT molecular complexity index is 826. The van der Waals surface area contributed by atoms with Gasteiger partial charge < -0.3 is 5.32 Å². The SMILES string of the molecule is O=CNc1cccc(C#Cc2cnc3cccnn23)c1. The minimum Gasteiger partial charge on any atom is -0.329 e. The van der Waals surface area contributed by atoms with Crippen LogP contribution >= 0.6 is 0 Å². The number of imidazole rings is 1. The van der Waals surface area contributed by atoms with Gasteiger partial charge in [0.1, 0.15) is 5.69 Å². The van der Waals surface area contributed by atoms with Crippen LogP contribution in [0, 0.1) is 11.8 Å². The minimum atomic E-state index is 0.640. The van der Waals surface area contributed by atoms with Gasteiger partial charge in [0.2, 0.25) is 6.41 Å². The second-order valence-electron chi connectivity index (χ2n) is 4.03. The molecular formula is C15H10N4O. The molecule has 0 aliphatic carbocycles. The molecule has 5 nitrogen and oxygen atoms in total. The Labute approximate surface area is 115 Å². The second-order valence-corrected chi connectivity index (χ2v) is 4.03. The van der Waals surface area contributed by atoms with Crippen LogP contribution in [0.4, 0.5) is 5.69 Å². The molecule has 1 N–H and O–H groups in total. The molecule has 3 rings (SSSR count). The van der Waals surface area contributed by atoms with Gasteiger partial charge in [0.05, 0.1) is 6.20 Å². The molecule has 1 aromatic carbocycles. The summed E-state index contributed by atoms with van der Waals surface area (Å²) in [7, 11) is 0. The van der Waals surface area contributed by atoms with Crippen LogP contribution in [-0.2, 0) is 4.79 Å². The average Bonchev–Trinajstić information content (AvgIpc) is 2.89. The molecule has 0 spiro atoms. The maximum Gasteiger partial charge on any atom is 0.211 e. The fraction of sp³-hybridized carbons (Fsp3) is 0. The molecule has 20 heavy (non-hydrogen) atoms. The number of aromatic nitrogens is 3. The van der Waals surface area contributed by atoms with Gasteiger partial charge in [0, 0.05) is 17.4 Å². The van der Waals surface area contributed by atoms with Crippen LogP contribution in [0.2, 0.25) is 0 Å². The zero-order chi connectivity index (χ0) is 13.8. The van der Waals surface area contributed by atoms with Crippen LogP contribution in [0.25, 0.3) is 5.65 Å². The van der Waals surface area contributed by atoms with Gasteiger partial charge in [-0.2, -0.15) is 5.10 Å². The molecule has 2 aromatic heterocycles. The first-order chi connectivity index (χ1) is 9.86. The number of amides is 1. The van der Waals surface area contributed by atoms with Crippen LogP contribution in [0.5, 0.6) is 0 Å². The van der Waals surface area contributed by atoms with E-state index < -0.39 is 0 Å². The smallest absolute Gasteiger partial charge is 0.211 e. The van der Waals surface area contributed by atoms with Crippen molar-refractivity contribution in [3.63, 3.8) is 0 Å². The number of fused-ring (bicyclic) bond motifs is 1. The van der Waals surface area contributed by atoms with E-state index in [2.05, 4.69) is 27.2 Å². The van der Waals surface area contributed by atoms with Crippen LogP contribution in [0.15, 0.2) is 48.8 Å². The zero-order valence-corrected chi connectivity index (χ0v) is 10.4. The number of benzene rings is 1. The zero-order valence-electron chi connectivity index (χ0n) is 10.4. The Morgan fingerprint density at radius 1 is 1.20 bits per heavy atom. The molecule has 3 aromatic rings. The van der Waals surface area contributed by atoms with Crippen molar-refractivity contribution in [2.75, 3.05) is 5.32 Å². The Balaban J connectivity index is 1.95. The highest BCUT2D eigenvalue weighted by Gasteiger charge is 1.99.